The van der Waals surface area contributed by atoms with Gasteiger partial charge in [-0.15, -0.1) is 11.3 Å². The summed E-state index contributed by atoms with van der Waals surface area (Å²) in [4.78, 5) is 15.3. The Hall–Kier alpha value is -0.940. The summed E-state index contributed by atoms with van der Waals surface area (Å²) in [6.07, 6.45) is 0. The summed E-state index contributed by atoms with van der Waals surface area (Å²) in [6.45, 7) is 4.24. The first-order valence-electron chi connectivity index (χ1n) is 4.25. The summed E-state index contributed by atoms with van der Waals surface area (Å²) >= 11 is 1.22. The van der Waals surface area contributed by atoms with Crippen molar-refractivity contribution in [1.82, 2.24) is 4.98 Å². The smallest absolute Gasteiger partial charge is 0.347 e. The van der Waals surface area contributed by atoms with Gasteiger partial charge in [0.05, 0.1) is 17.3 Å². The zero-order valence-electron chi connectivity index (χ0n) is 8.40. The minimum Gasteiger partial charge on any atom is -0.477 e. The van der Waals surface area contributed by atoms with Crippen molar-refractivity contribution in [3.63, 3.8) is 0 Å². The van der Waals surface area contributed by atoms with Gasteiger partial charge in [0, 0.05) is 13.0 Å². The average molecular weight is 215 g/mol. The van der Waals surface area contributed by atoms with Crippen LogP contribution >= 0.6 is 11.3 Å². The molecular formula is C9H13NO3S. The van der Waals surface area contributed by atoms with E-state index in [0.29, 0.717) is 17.2 Å². The van der Waals surface area contributed by atoms with Crippen LogP contribution in [0.2, 0.25) is 0 Å². The number of nitrogens with zero attached hydrogens (tertiary/aromatic N) is 1. The lowest BCUT2D eigenvalue weighted by Crippen LogP contribution is -2.00. The normalized spacial score (nSPS) is 12.8. The van der Waals surface area contributed by atoms with Gasteiger partial charge in [-0.05, 0) is 6.92 Å². The van der Waals surface area contributed by atoms with Crippen molar-refractivity contribution < 1.29 is 14.6 Å². The van der Waals surface area contributed by atoms with Crippen LogP contribution in [0.3, 0.4) is 0 Å². The highest BCUT2D eigenvalue weighted by molar-refractivity contribution is 7.13. The van der Waals surface area contributed by atoms with E-state index in [1.165, 1.54) is 11.3 Å². The Morgan fingerprint density at radius 2 is 2.36 bits per heavy atom. The zero-order valence-corrected chi connectivity index (χ0v) is 9.22. The Kier molecular flexibility index (Phi) is 3.60. The summed E-state index contributed by atoms with van der Waals surface area (Å²) in [6, 6.07) is 0. The van der Waals surface area contributed by atoms with Gasteiger partial charge in [-0.3, -0.25) is 0 Å². The molecule has 0 radical (unpaired) electrons. The Morgan fingerprint density at radius 1 is 1.71 bits per heavy atom. The van der Waals surface area contributed by atoms with Gasteiger partial charge in [-0.2, -0.15) is 0 Å². The van der Waals surface area contributed by atoms with Crippen LogP contribution in [0.25, 0.3) is 0 Å². The molecule has 1 rings (SSSR count). The largest absolute Gasteiger partial charge is 0.477 e. The van der Waals surface area contributed by atoms with E-state index in [1.807, 2.05) is 6.92 Å². The average Bonchev–Trinajstić information content (AvgIpc) is 2.48. The summed E-state index contributed by atoms with van der Waals surface area (Å²) < 4.78 is 4.99. The molecule has 1 aromatic rings. The molecule has 1 unspecified atom stereocenters. The van der Waals surface area contributed by atoms with Crippen LogP contribution in [0.5, 0.6) is 0 Å². The van der Waals surface area contributed by atoms with Crippen LogP contribution in [0.1, 0.15) is 33.2 Å². The Bertz CT molecular complexity index is 335. The lowest BCUT2D eigenvalue weighted by atomic mass is 10.2. The fourth-order valence-corrected chi connectivity index (χ4v) is 2.09. The number of aromatic nitrogens is 1. The van der Waals surface area contributed by atoms with Crippen LogP contribution in [-0.4, -0.2) is 29.8 Å². The highest BCUT2D eigenvalue weighted by Gasteiger charge is 2.17. The lowest BCUT2D eigenvalue weighted by Gasteiger charge is -2.04. The van der Waals surface area contributed by atoms with E-state index in [4.69, 9.17) is 9.84 Å². The van der Waals surface area contributed by atoms with Crippen molar-refractivity contribution in [2.75, 3.05) is 13.7 Å². The maximum absolute atomic E-state index is 10.8. The van der Waals surface area contributed by atoms with Crippen LogP contribution in [0, 0.1) is 6.92 Å². The molecule has 0 spiro atoms. The van der Waals surface area contributed by atoms with Crippen molar-refractivity contribution in [3.05, 3.63) is 15.6 Å². The molecule has 5 heteroatoms. The Labute approximate surface area is 86.6 Å². The molecule has 1 aromatic heterocycles. The molecule has 78 valence electrons. The predicted molar refractivity (Wildman–Crippen MR) is 54.1 cm³/mol. The number of aryl methyl sites for hydroxylation is 1. The molecule has 0 saturated carbocycles. The molecule has 0 bridgehead atoms. The number of aromatic carboxylic acids is 1. The first-order chi connectivity index (χ1) is 6.56. The molecule has 1 heterocycles. The SMILES string of the molecule is COCC(C)c1nc(C)c(C(=O)O)s1. The molecular weight excluding hydrogens is 202 g/mol. The van der Waals surface area contributed by atoms with Gasteiger partial charge >= 0.3 is 5.97 Å². The predicted octanol–water partition coefficient (Wildman–Crippen LogP) is 1.90. The number of rotatable bonds is 4. The molecule has 0 aromatic carbocycles. The first-order valence-corrected chi connectivity index (χ1v) is 5.07. The third-order valence-electron chi connectivity index (χ3n) is 1.85. The van der Waals surface area contributed by atoms with Gasteiger partial charge in [-0.25, -0.2) is 9.78 Å². The highest BCUT2D eigenvalue weighted by atomic mass is 32.1. The van der Waals surface area contributed by atoms with E-state index < -0.39 is 5.97 Å². The number of methoxy groups -OCH3 is 1. The number of thiazole rings is 1. The number of hydrogen-bond donors (Lipinski definition) is 1. The zero-order chi connectivity index (χ0) is 10.7. The van der Waals surface area contributed by atoms with Gasteiger partial charge in [0.1, 0.15) is 4.88 Å². The molecule has 4 nitrogen and oxygen atoms in total. The number of hydrogen-bond acceptors (Lipinski definition) is 4. The summed E-state index contributed by atoms with van der Waals surface area (Å²) in [5.41, 5.74) is 0.584. The first kappa shape index (κ1) is 11.1. The van der Waals surface area contributed by atoms with Gasteiger partial charge in [-0.1, -0.05) is 6.92 Å². The molecule has 14 heavy (non-hydrogen) atoms. The van der Waals surface area contributed by atoms with Crippen molar-refractivity contribution in [1.29, 1.82) is 0 Å². The van der Waals surface area contributed by atoms with E-state index in [-0.39, 0.29) is 5.92 Å². The molecule has 1 N–H and O–H groups in total. The number of carboxylic acids is 1. The molecule has 1 atom stereocenters. The topological polar surface area (TPSA) is 59.4 Å². The standard InChI is InChI=1S/C9H13NO3S/c1-5(4-13-3)8-10-6(2)7(14-8)9(11)12/h5H,4H2,1-3H3,(H,11,12). The van der Waals surface area contributed by atoms with Crippen LogP contribution in [0.15, 0.2) is 0 Å². The number of ether oxygens (including phenoxy) is 1. The number of carbonyl (C=O) groups is 1. The Balaban J connectivity index is 2.90. The molecule has 0 aliphatic heterocycles. The Morgan fingerprint density at radius 3 is 2.79 bits per heavy atom. The summed E-state index contributed by atoms with van der Waals surface area (Å²) in [7, 11) is 1.62. The summed E-state index contributed by atoms with van der Waals surface area (Å²) in [5.74, 6) is -0.757. The third-order valence-corrected chi connectivity index (χ3v) is 3.22. The van der Waals surface area contributed by atoms with Crippen LogP contribution in [-0.2, 0) is 4.74 Å². The van der Waals surface area contributed by atoms with E-state index in [2.05, 4.69) is 4.98 Å². The second kappa shape index (κ2) is 4.52. The summed E-state index contributed by atoms with van der Waals surface area (Å²) in [5, 5.41) is 9.65. The van der Waals surface area contributed by atoms with Crippen molar-refractivity contribution >= 4 is 17.3 Å². The fraction of sp³-hybridized carbons (Fsp3) is 0.556. The monoisotopic (exact) mass is 215 g/mol. The van der Waals surface area contributed by atoms with Gasteiger partial charge < -0.3 is 9.84 Å². The van der Waals surface area contributed by atoms with Gasteiger partial charge in [0.25, 0.3) is 0 Å². The van der Waals surface area contributed by atoms with E-state index >= 15 is 0 Å². The quantitative estimate of drug-likeness (QED) is 0.833. The van der Waals surface area contributed by atoms with E-state index in [0.717, 1.165) is 5.01 Å². The van der Waals surface area contributed by atoms with Crippen LogP contribution < -0.4 is 0 Å². The van der Waals surface area contributed by atoms with Gasteiger partial charge in [0.2, 0.25) is 0 Å². The van der Waals surface area contributed by atoms with Crippen molar-refractivity contribution in [2.24, 2.45) is 0 Å². The van der Waals surface area contributed by atoms with Gasteiger partial charge in [0.15, 0.2) is 0 Å². The molecule has 0 amide bonds. The lowest BCUT2D eigenvalue weighted by molar-refractivity contribution is 0.0701. The second-order valence-corrected chi connectivity index (χ2v) is 4.16. The van der Waals surface area contributed by atoms with Crippen molar-refractivity contribution in [3.8, 4) is 0 Å². The van der Waals surface area contributed by atoms with E-state index in [1.54, 1.807) is 14.0 Å². The molecule has 0 saturated heterocycles. The minimum atomic E-state index is -0.907. The maximum atomic E-state index is 10.8. The fourth-order valence-electron chi connectivity index (χ4n) is 1.15. The molecule has 0 fully saturated rings. The molecule has 0 aliphatic rings. The minimum absolute atomic E-state index is 0.150. The van der Waals surface area contributed by atoms with Crippen molar-refractivity contribution in [2.45, 2.75) is 19.8 Å². The molecule has 0 aliphatic carbocycles. The third kappa shape index (κ3) is 2.30. The van der Waals surface area contributed by atoms with E-state index in [9.17, 15) is 4.79 Å². The van der Waals surface area contributed by atoms with Crippen LogP contribution in [0.4, 0.5) is 0 Å². The highest BCUT2D eigenvalue weighted by Crippen LogP contribution is 2.24. The second-order valence-electron chi connectivity index (χ2n) is 3.13. The maximum Gasteiger partial charge on any atom is 0.347 e. The number of carboxylic acid groups (broad SMARTS) is 1.